The number of nitrogens with zero attached hydrogens (tertiary/aromatic N) is 1. The molecule has 0 aliphatic carbocycles. The van der Waals surface area contributed by atoms with Crippen molar-refractivity contribution in [1.29, 1.82) is 0 Å². The van der Waals surface area contributed by atoms with Crippen LogP contribution in [0.2, 0.25) is 0 Å². The number of H-pyrrole nitrogens is 1. The molecule has 0 atom stereocenters. The second-order valence-electron chi connectivity index (χ2n) is 3.72. The number of alkyl halides is 2. The molecule has 0 spiro atoms. The van der Waals surface area contributed by atoms with E-state index in [1.165, 1.54) is 12.1 Å². The fourth-order valence-corrected chi connectivity index (χ4v) is 1.60. The number of amides is 1. The van der Waals surface area contributed by atoms with Gasteiger partial charge in [-0.2, -0.15) is 13.8 Å². The quantitative estimate of drug-likeness (QED) is 0.846. The summed E-state index contributed by atoms with van der Waals surface area (Å²) < 4.78 is 28.3. The maximum Gasteiger partial charge on any atom is 0.387 e. The average Bonchev–Trinajstić information content (AvgIpc) is 2.28. The van der Waals surface area contributed by atoms with Crippen LogP contribution in [0.25, 0.3) is 10.9 Å². The standard InChI is InChI=1S/C11H9F2N3O3/c12-11(13)19-5-1-2-7-6(3-5)10(18)16-9(15-7)4-8(14)17/h1-3,11H,4H2,(H2,14,17)(H,15,16,18). The number of nitrogens with one attached hydrogen (secondary N) is 1. The Bertz CT molecular complexity index is 684. The van der Waals surface area contributed by atoms with Gasteiger partial charge in [-0.3, -0.25) is 9.59 Å². The van der Waals surface area contributed by atoms with Gasteiger partial charge in [0.2, 0.25) is 5.91 Å². The maximum absolute atomic E-state index is 12.1. The summed E-state index contributed by atoms with van der Waals surface area (Å²) in [5.41, 5.74) is 4.70. The molecule has 0 bridgehead atoms. The molecule has 8 heteroatoms. The third kappa shape index (κ3) is 3.03. The Morgan fingerprint density at radius 2 is 2.21 bits per heavy atom. The fourth-order valence-electron chi connectivity index (χ4n) is 1.60. The minimum absolute atomic E-state index is 0.0892. The highest BCUT2D eigenvalue weighted by atomic mass is 19.3. The molecule has 1 heterocycles. The molecular weight excluding hydrogens is 260 g/mol. The number of carbonyl (C=O) groups excluding carboxylic acids is 1. The number of aromatic nitrogens is 2. The topological polar surface area (TPSA) is 98.1 Å². The van der Waals surface area contributed by atoms with E-state index in [0.717, 1.165) is 6.07 Å². The number of ether oxygens (including phenoxy) is 1. The number of nitrogens with two attached hydrogens (primary N) is 1. The molecular formula is C11H9F2N3O3. The number of fused-ring (bicyclic) bond motifs is 1. The third-order valence-corrected chi connectivity index (χ3v) is 2.30. The Morgan fingerprint density at radius 3 is 2.84 bits per heavy atom. The molecule has 0 aliphatic heterocycles. The lowest BCUT2D eigenvalue weighted by atomic mass is 10.2. The predicted octanol–water partition coefficient (Wildman–Crippen LogP) is 0.552. The first-order valence-electron chi connectivity index (χ1n) is 5.22. The van der Waals surface area contributed by atoms with Crippen molar-refractivity contribution in [3.63, 3.8) is 0 Å². The highest BCUT2D eigenvalue weighted by Crippen LogP contribution is 2.18. The lowest BCUT2D eigenvalue weighted by molar-refractivity contribution is -0.117. The molecule has 2 aromatic rings. The second kappa shape index (κ2) is 5.01. The normalized spacial score (nSPS) is 10.9. The van der Waals surface area contributed by atoms with Crippen LogP contribution in [0.1, 0.15) is 5.82 Å². The molecule has 0 aliphatic rings. The summed E-state index contributed by atoms with van der Waals surface area (Å²) in [6.07, 6.45) is -0.208. The minimum atomic E-state index is -2.97. The molecule has 1 amide bonds. The third-order valence-electron chi connectivity index (χ3n) is 2.30. The van der Waals surface area contributed by atoms with Gasteiger partial charge in [0, 0.05) is 0 Å². The highest BCUT2D eigenvalue weighted by molar-refractivity contribution is 5.80. The van der Waals surface area contributed by atoms with Crippen LogP contribution in [0, 0.1) is 0 Å². The van der Waals surface area contributed by atoms with Crippen LogP contribution in [0.4, 0.5) is 8.78 Å². The molecule has 100 valence electrons. The van der Waals surface area contributed by atoms with Crippen LogP contribution in [0.5, 0.6) is 5.75 Å². The van der Waals surface area contributed by atoms with Crippen molar-refractivity contribution in [2.45, 2.75) is 13.0 Å². The van der Waals surface area contributed by atoms with Gasteiger partial charge in [0.05, 0.1) is 17.3 Å². The van der Waals surface area contributed by atoms with E-state index in [0.29, 0.717) is 5.52 Å². The number of primary amides is 1. The van der Waals surface area contributed by atoms with Crippen LogP contribution < -0.4 is 16.0 Å². The summed E-state index contributed by atoms with van der Waals surface area (Å²) in [6, 6.07) is 3.82. The summed E-state index contributed by atoms with van der Waals surface area (Å²) in [5.74, 6) is -0.662. The van der Waals surface area contributed by atoms with E-state index in [1.54, 1.807) is 0 Å². The van der Waals surface area contributed by atoms with Crippen molar-refractivity contribution in [1.82, 2.24) is 9.97 Å². The van der Waals surface area contributed by atoms with Gasteiger partial charge in [-0.25, -0.2) is 0 Å². The monoisotopic (exact) mass is 269 g/mol. The van der Waals surface area contributed by atoms with Gasteiger partial charge in [0.15, 0.2) is 0 Å². The molecule has 1 aromatic heterocycles. The van der Waals surface area contributed by atoms with E-state index in [2.05, 4.69) is 14.7 Å². The predicted molar refractivity (Wildman–Crippen MR) is 61.9 cm³/mol. The van der Waals surface area contributed by atoms with Crippen LogP contribution in [-0.4, -0.2) is 22.5 Å². The van der Waals surface area contributed by atoms with E-state index < -0.39 is 18.1 Å². The summed E-state index contributed by atoms with van der Waals surface area (Å²) in [5, 5.41) is 0.0892. The van der Waals surface area contributed by atoms with Crippen LogP contribution in [-0.2, 0) is 11.2 Å². The largest absolute Gasteiger partial charge is 0.435 e. The lowest BCUT2D eigenvalue weighted by Gasteiger charge is -2.06. The van der Waals surface area contributed by atoms with Crippen molar-refractivity contribution < 1.29 is 18.3 Å². The van der Waals surface area contributed by atoms with E-state index in [4.69, 9.17) is 5.73 Å². The zero-order chi connectivity index (χ0) is 14.0. The van der Waals surface area contributed by atoms with Gasteiger partial charge in [-0.1, -0.05) is 0 Å². The Labute approximate surface area is 105 Å². The molecule has 0 fully saturated rings. The SMILES string of the molecule is NC(=O)Cc1nc(=O)c2cc(OC(F)F)ccc2[nH]1. The number of halogens is 2. The van der Waals surface area contributed by atoms with E-state index >= 15 is 0 Å². The first-order valence-corrected chi connectivity index (χ1v) is 5.22. The van der Waals surface area contributed by atoms with Crippen LogP contribution in [0.3, 0.4) is 0 Å². The van der Waals surface area contributed by atoms with Crippen molar-refractivity contribution in [3.05, 3.63) is 34.4 Å². The number of aromatic amines is 1. The zero-order valence-corrected chi connectivity index (χ0v) is 9.52. The summed E-state index contributed by atoms with van der Waals surface area (Å²) in [4.78, 5) is 28.8. The van der Waals surface area contributed by atoms with E-state index in [-0.39, 0.29) is 23.4 Å². The Balaban J connectivity index is 2.47. The molecule has 3 N–H and O–H groups in total. The van der Waals surface area contributed by atoms with Gasteiger partial charge in [0.1, 0.15) is 11.6 Å². The van der Waals surface area contributed by atoms with Crippen LogP contribution >= 0.6 is 0 Å². The molecule has 19 heavy (non-hydrogen) atoms. The molecule has 0 unspecified atom stereocenters. The molecule has 0 saturated heterocycles. The number of benzene rings is 1. The number of hydrogen-bond donors (Lipinski definition) is 2. The van der Waals surface area contributed by atoms with Crippen LogP contribution in [0.15, 0.2) is 23.0 Å². The van der Waals surface area contributed by atoms with E-state index in [9.17, 15) is 18.4 Å². The first kappa shape index (κ1) is 12.9. The number of rotatable bonds is 4. The molecule has 2 rings (SSSR count). The Kier molecular flexibility index (Phi) is 3.41. The molecule has 0 radical (unpaired) electrons. The van der Waals surface area contributed by atoms with Gasteiger partial charge in [-0.15, -0.1) is 0 Å². The maximum atomic E-state index is 12.1. The summed E-state index contributed by atoms with van der Waals surface area (Å²) in [6.45, 7) is -2.97. The molecule has 6 nitrogen and oxygen atoms in total. The highest BCUT2D eigenvalue weighted by Gasteiger charge is 2.09. The van der Waals surface area contributed by atoms with Gasteiger partial charge in [0.25, 0.3) is 5.56 Å². The lowest BCUT2D eigenvalue weighted by Crippen LogP contribution is -2.19. The first-order chi connectivity index (χ1) is 8.95. The van der Waals surface area contributed by atoms with Gasteiger partial charge in [-0.05, 0) is 18.2 Å². The number of carbonyl (C=O) groups is 1. The van der Waals surface area contributed by atoms with Gasteiger partial charge >= 0.3 is 6.61 Å². The fraction of sp³-hybridized carbons (Fsp3) is 0.182. The van der Waals surface area contributed by atoms with Crippen molar-refractivity contribution >= 4 is 16.8 Å². The van der Waals surface area contributed by atoms with Crippen molar-refractivity contribution in [2.24, 2.45) is 5.73 Å². The minimum Gasteiger partial charge on any atom is -0.435 e. The van der Waals surface area contributed by atoms with Crippen molar-refractivity contribution in [3.8, 4) is 5.75 Å². The van der Waals surface area contributed by atoms with E-state index in [1.807, 2.05) is 0 Å². The molecule has 0 saturated carbocycles. The average molecular weight is 269 g/mol. The zero-order valence-electron chi connectivity index (χ0n) is 9.52. The van der Waals surface area contributed by atoms with Crippen molar-refractivity contribution in [2.75, 3.05) is 0 Å². The second-order valence-corrected chi connectivity index (χ2v) is 3.72. The Hall–Kier alpha value is -2.51. The van der Waals surface area contributed by atoms with Gasteiger partial charge < -0.3 is 15.5 Å². The summed E-state index contributed by atoms with van der Waals surface area (Å²) in [7, 11) is 0. The molecule has 1 aromatic carbocycles. The Morgan fingerprint density at radius 1 is 1.47 bits per heavy atom. The smallest absolute Gasteiger partial charge is 0.387 e. The summed E-state index contributed by atoms with van der Waals surface area (Å²) >= 11 is 0. The number of hydrogen-bond acceptors (Lipinski definition) is 4.